The lowest BCUT2D eigenvalue weighted by Crippen LogP contribution is -2.37. The van der Waals surface area contributed by atoms with E-state index in [0.717, 1.165) is 6.54 Å². The van der Waals surface area contributed by atoms with Crippen molar-refractivity contribution in [2.24, 2.45) is 11.7 Å². The molecule has 19 heavy (non-hydrogen) atoms. The fourth-order valence-corrected chi connectivity index (χ4v) is 1.75. The second-order valence-electron chi connectivity index (χ2n) is 4.74. The van der Waals surface area contributed by atoms with Gasteiger partial charge in [-0.3, -0.25) is 4.79 Å². The second kappa shape index (κ2) is 6.77. The van der Waals surface area contributed by atoms with Crippen LogP contribution < -0.4 is 21.7 Å². The van der Waals surface area contributed by atoms with Gasteiger partial charge in [-0.1, -0.05) is 13.8 Å². The Morgan fingerprint density at radius 2 is 2.16 bits per heavy atom. The number of primary amides is 1. The number of amides is 1. The number of rotatable bonds is 7. The molecule has 0 radical (unpaired) electrons. The van der Waals surface area contributed by atoms with Crippen molar-refractivity contribution in [1.29, 1.82) is 0 Å². The molecule has 0 aliphatic carbocycles. The van der Waals surface area contributed by atoms with Gasteiger partial charge in [-0.15, -0.1) is 0 Å². The van der Waals surface area contributed by atoms with Crippen LogP contribution in [0.25, 0.3) is 0 Å². The summed E-state index contributed by atoms with van der Waals surface area (Å²) in [6, 6.07) is 1.77. The highest BCUT2D eigenvalue weighted by atomic mass is 16.1. The maximum atomic E-state index is 11.2. The van der Waals surface area contributed by atoms with Gasteiger partial charge >= 0.3 is 0 Å². The number of hydrogen-bond donors (Lipinski definition) is 3. The smallest absolute Gasteiger partial charge is 0.236 e. The molecule has 0 spiro atoms. The lowest BCUT2D eigenvalue weighted by Gasteiger charge is -2.24. The highest BCUT2D eigenvalue weighted by Crippen LogP contribution is 2.18. The number of aromatic nitrogens is 2. The van der Waals surface area contributed by atoms with Crippen LogP contribution in [0, 0.1) is 5.92 Å². The molecule has 0 atom stereocenters. The summed E-state index contributed by atoms with van der Waals surface area (Å²) in [7, 11) is 0. The van der Waals surface area contributed by atoms with E-state index in [1.165, 1.54) is 0 Å². The van der Waals surface area contributed by atoms with Gasteiger partial charge in [0.05, 0.1) is 6.54 Å². The largest absolute Gasteiger partial charge is 0.370 e. The summed E-state index contributed by atoms with van der Waals surface area (Å²) in [4.78, 5) is 21.2. The highest BCUT2D eigenvalue weighted by Gasteiger charge is 2.14. The summed E-state index contributed by atoms with van der Waals surface area (Å²) in [5.41, 5.74) is 11.0. The van der Waals surface area contributed by atoms with Crippen LogP contribution in [0.4, 0.5) is 17.6 Å². The summed E-state index contributed by atoms with van der Waals surface area (Å²) in [5, 5.41) is 3.08. The molecule has 0 unspecified atom stereocenters. The standard InChI is InChI=1S/C12H22N6O/c1-4-15-10-5-11(17-12(14)16-10)18(6-8(2)3)7-9(13)19/h5,8H,4,6-7H2,1-3H3,(H2,13,19)(H3,14,15,16,17). The Bertz CT molecular complexity index is 434. The van der Waals surface area contributed by atoms with Gasteiger partial charge in [0.15, 0.2) is 0 Å². The Hall–Kier alpha value is -2.05. The van der Waals surface area contributed by atoms with Crippen molar-refractivity contribution >= 4 is 23.5 Å². The minimum absolute atomic E-state index is 0.111. The zero-order valence-electron chi connectivity index (χ0n) is 11.7. The van der Waals surface area contributed by atoms with E-state index in [4.69, 9.17) is 11.5 Å². The molecule has 0 aromatic carbocycles. The molecule has 7 nitrogen and oxygen atoms in total. The number of hydrogen-bond acceptors (Lipinski definition) is 6. The molecule has 1 rings (SSSR count). The van der Waals surface area contributed by atoms with Crippen molar-refractivity contribution in [2.45, 2.75) is 20.8 Å². The Kier molecular flexibility index (Phi) is 5.35. The summed E-state index contributed by atoms with van der Waals surface area (Å²) < 4.78 is 0. The molecule has 1 aromatic rings. The fraction of sp³-hybridized carbons (Fsp3) is 0.583. The summed E-state index contributed by atoms with van der Waals surface area (Å²) >= 11 is 0. The average molecular weight is 266 g/mol. The molecule has 106 valence electrons. The first-order valence-electron chi connectivity index (χ1n) is 6.34. The minimum Gasteiger partial charge on any atom is -0.370 e. The van der Waals surface area contributed by atoms with Gasteiger partial charge in [0.1, 0.15) is 11.6 Å². The third kappa shape index (κ3) is 4.99. The molecule has 0 saturated carbocycles. The first-order chi connectivity index (χ1) is 8.92. The quantitative estimate of drug-likeness (QED) is 0.660. The maximum Gasteiger partial charge on any atom is 0.236 e. The van der Waals surface area contributed by atoms with Gasteiger partial charge in [0, 0.05) is 19.2 Å². The molecule has 1 amide bonds. The number of carbonyl (C=O) groups excluding carboxylic acids is 1. The number of anilines is 3. The van der Waals surface area contributed by atoms with Gasteiger partial charge in [-0.05, 0) is 12.8 Å². The predicted octanol–water partition coefficient (Wildman–Crippen LogP) is 0.438. The van der Waals surface area contributed by atoms with Crippen LogP contribution in [0.2, 0.25) is 0 Å². The van der Waals surface area contributed by atoms with Crippen LogP contribution in [0.3, 0.4) is 0 Å². The number of nitrogen functional groups attached to an aromatic ring is 1. The Balaban J connectivity index is 3.02. The zero-order chi connectivity index (χ0) is 14.4. The summed E-state index contributed by atoms with van der Waals surface area (Å²) in [6.45, 7) is 7.60. The van der Waals surface area contributed by atoms with Gasteiger partial charge in [0.2, 0.25) is 11.9 Å². The second-order valence-corrected chi connectivity index (χ2v) is 4.74. The van der Waals surface area contributed by atoms with E-state index in [0.29, 0.717) is 24.1 Å². The minimum atomic E-state index is -0.400. The maximum absolute atomic E-state index is 11.2. The molecule has 0 aliphatic rings. The number of nitrogens with zero attached hydrogens (tertiary/aromatic N) is 3. The van der Waals surface area contributed by atoms with E-state index in [9.17, 15) is 4.79 Å². The van der Waals surface area contributed by atoms with Crippen molar-refractivity contribution in [3.05, 3.63) is 6.07 Å². The fourth-order valence-electron chi connectivity index (χ4n) is 1.75. The molecule has 5 N–H and O–H groups in total. The third-order valence-electron chi connectivity index (χ3n) is 2.34. The van der Waals surface area contributed by atoms with Crippen LogP contribution in [-0.2, 0) is 4.79 Å². The molecule has 0 fully saturated rings. The zero-order valence-corrected chi connectivity index (χ0v) is 11.7. The topological polar surface area (TPSA) is 110 Å². The van der Waals surface area contributed by atoms with Crippen LogP contribution in [0.1, 0.15) is 20.8 Å². The van der Waals surface area contributed by atoms with Crippen LogP contribution in [0.15, 0.2) is 6.07 Å². The molecule has 0 bridgehead atoms. The molecule has 0 aliphatic heterocycles. The normalized spacial score (nSPS) is 10.5. The van der Waals surface area contributed by atoms with Crippen LogP contribution >= 0.6 is 0 Å². The van der Waals surface area contributed by atoms with Gasteiger partial charge in [-0.2, -0.15) is 9.97 Å². The van der Waals surface area contributed by atoms with Crippen molar-refractivity contribution in [1.82, 2.24) is 9.97 Å². The SMILES string of the molecule is CCNc1cc(N(CC(N)=O)CC(C)C)nc(N)n1. The van der Waals surface area contributed by atoms with Crippen molar-refractivity contribution < 1.29 is 4.79 Å². The Morgan fingerprint density at radius 3 is 2.68 bits per heavy atom. The lowest BCUT2D eigenvalue weighted by atomic mass is 10.2. The monoisotopic (exact) mass is 266 g/mol. The summed E-state index contributed by atoms with van der Waals surface area (Å²) in [5.74, 6) is 1.40. The number of nitrogens with one attached hydrogen (secondary N) is 1. The Labute approximate surface area is 113 Å². The lowest BCUT2D eigenvalue weighted by molar-refractivity contribution is -0.116. The van der Waals surface area contributed by atoms with Crippen molar-refractivity contribution in [3.63, 3.8) is 0 Å². The van der Waals surface area contributed by atoms with Crippen LogP contribution in [0.5, 0.6) is 0 Å². The van der Waals surface area contributed by atoms with Crippen molar-refractivity contribution in [2.75, 3.05) is 35.6 Å². The molecular weight excluding hydrogens is 244 g/mol. The summed E-state index contributed by atoms with van der Waals surface area (Å²) in [6.07, 6.45) is 0. The van der Waals surface area contributed by atoms with E-state index >= 15 is 0 Å². The Morgan fingerprint density at radius 1 is 1.47 bits per heavy atom. The molecule has 0 saturated heterocycles. The van der Waals surface area contributed by atoms with E-state index in [1.807, 2.05) is 11.8 Å². The first-order valence-corrected chi connectivity index (χ1v) is 6.34. The molecule has 7 heteroatoms. The van der Waals surface area contributed by atoms with Gasteiger partial charge in [0.25, 0.3) is 0 Å². The van der Waals surface area contributed by atoms with E-state index in [1.54, 1.807) is 6.07 Å². The van der Waals surface area contributed by atoms with E-state index < -0.39 is 5.91 Å². The predicted molar refractivity (Wildman–Crippen MR) is 76.9 cm³/mol. The number of carbonyl (C=O) groups is 1. The van der Waals surface area contributed by atoms with Gasteiger partial charge in [-0.25, -0.2) is 0 Å². The van der Waals surface area contributed by atoms with E-state index in [-0.39, 0.29) is 12.5 Å². The third-order valence-corrected chi connectivity index (χ3v) is 2.34. The highest BCUT2D eigenvalue weighted by molar-refractivity contribution is 5.79. The van der Waals surface area contributed by atoms with E-state index in [2.05, 4.69) is 29.1 Å². The molecule has 1 aromatic heterocycles. The van der Waals surface area contributed by atoms with Gasteiger partial charge < -0.3 is 21.7 Å². The first kappa shape index (κ1) is 15.0. The van der Waals surface area contributed by atoms with Crippen molar-refractivity contribution in [3.8, 4) is 0 Å². The average Bonchev–Trinajstić information content (AvgIpc) is 2.26. The molecule has 1 heterocycles. The number of nitrogens with two attached hydrogens (primary N) is 2. The molecular formula is C12H22N6O. The van der Waals surface area contributed by atoms with Crippen LogP contribution in [-0.4, -0.2) is 35.5 Å².